The number of hydrogen-bond donors (Lipinski definition) is 0. The van der Waals surface area contributed by atoms with Gasteiger partial charge in [-0.1, -0.05) is 6.07 Å². The first-order valence-electron chi connectivity index (χ1n) is 6.56. The molecule has 1 atom stereocenters. The van der Waals surface area contributed by atoms with E-state index in [1.807, 2.05) is 0 Å². The smallest absolute Gasteiger partial charge is 0.0476 e. The van der Waals surface area contributed by atoms with E-state index in [9.17, 15) is 0 Å². The fourth-order valence-electron chi connectivity index (χ4n) is 2.38. The van der Waals surface area contributed by atoms with E-state index in [4.69, 9.17) is 11.6 Å². The van der Waals surface area contributed by atoms with Crippen molar-refractivity contribution in [2.24, 2.45) is 0 Å². The molecule has 0 heterocycles. The van der Waals surface area contributed by atoms with Gasteiger partial charge in [0.1, 0.15) is 0 Å². The predicted molar refractivity (Wildman–Crippen MR) is 81.8 cm³/mol. The zero-order valence-electron chi connectivity index (χ0n) is 12.2. The van der Waals surface area contributed by atoms with Gasteiger partial charge >= 0.3 is 0 Å². The number of likely N-dealkylation sites (N-methyl/N-ethyl adjacent to an activating group) is 2. The maximum Gasteiger partial charge on any atom is 0.0476 e. The van der Waals surface area contributed by atoms with E-state index in [0.29, 0.717) is 11.9 Å². The molecule has 0 bridgehead atoms. The van der Waals surface area contributed by atoms with Crippen LogP contribution in [0.4, 0.5) is 5.69 Å². The number of hydrogen-bond acceptors (Lipinski definition) is 2. The summed E-state index contributed by atoms with van der Waals surface area (Å²) in [5, 5.41) is 0. The van der Waals surface area contributed by atoms with Gasteiger partial charge in [0.15, 0.2) is 0 Å². The molecule has 18 heavy (non-hydrogen) atoms. The molecule has 0 amide bonds. The third kappa shape index (κ3) is 3.89. The predicted octanol–water partition coefficient (Wildman–Crippen LogP) is 3.51. The molecule has 0 saturated carbocycles. The monoisotopic (exact) mass is 268 g/mol. The van der Waals surface area contributed by atoms with E-state index >= 15 is 0 Å². The molecule has 2 nitrogen and oxygen atoms in total. The molecule has 0 aliphatic rings. The molecule has 0 aliphatic carbocycles. The van der Waals surface area contributed by atoms with E-state index in [1.54, 1.807) is 0 Å². The molecule has 0 spiro atoms. The van der Waals surface area contributed by atoms with Gasteiger partial charge in [0.25, 0.3) is 0 Å². The molecule has 0 saturated heterocycles. The fraction of sp³-hybridized carbons (Fsp3) is 0.600. The van der Waals surface area contributed by atoms with Crippen LogP contribution in [0.25, 0.3) is 0 Å². The molecule has 0 fully saturated rings. The summed E-state index contributed by atoms with van der Waals surface area (Å²) in [6.45, 7) is 8.69. The van der Waals surface area contributed by atoms with Gasteiger partial charge in [-0.05, 0) is 58.1 Å². The van der Waals surface area contributed by atoms with Gasteiger partial charge in [0.05, 0.1) is 0 Å². The maximum atomic E-state index is 5.91. The summed E-state index contributed by atoms with van der Waals surface area (Å²) in [4.78, 5) is 4.67. The van der Waals surface area contributed by atoms with Crippen LogP contribution in [0.5, 0.6) is 0 Å². The lowest BCUT2D eigenvalue weighted by Crippen LogP contribution is -2.40. The molecule has 3 heteroatoms. The third-order valence-corrected chi connectivity index (χ3v) is 3.59. The molecule has 0 radical (unpaired) electrons. The van der Waals surface area contributed by atoms with Crippen molar-refractivity contribution in [2.45, 2.75) is 32.7 Å². The van der Waals surface area contributed by atoms with E-state index in [1.165, 1.54) is 16.8 Å². The van der Waals surface area contributed by atoms with Crippen LogP contribution in [0.2, 0.25) is 0 Å². The summed E-state index contributed by atoms with van der Waals surface area (Å²) in [5.74, 6) is 0.589. The van der Waals surface area contributed by atoms with Gasteiger partial charge in [-0.25, -0.2) is 0 Å². The average Bonchev–Trinajstić information content (AvgIpc) is 2.29. The van der Waals surface area contributed by atoms with Crippen LogP contribution in [-0.4, -0.2) is 38.1 Å². The first-order chi connectivity index (χ1) is 8.49. The van der Waals surface area contributed by atoms with Crippen molar-refractivity contribution in [1.29, 1.82) is 0 Å². The second-order valence-corrected chi connectivity index (χ2v) is 5.41. The van der Waals surface area contributed by atoms with Crippen molar-refractivity contribution in [3.63, 3.8) is 0 Å². The van der Waals surface area contributed by atoms with Crippen LogP contribution in [0.15, 0.2) is 18.2 Å². The molecule has 102 valence electrons. The maximum absolute atomic E-state index is 5.91. The highest BCUT2D eigenvalue weighted by atomic mass is 35.5. The van der Waals surface area contributed by atoms with Crippen LogP contribution in [0.1, 0.15) is 25.0 Å². The Kier molecular flexibility index (Phi) is 5.97. The number of rotatable bonds is 6. The summed E-state index contributed by atoms with van der Waals surface area (Å²) in [6.07, 6.45) is 0. The average molecular weight is 269 g/mol. The number of benzene rings is 1. The molecule has 1 unspecified atom stereocenters. The molecule has 0 aromatic heterocycles. The van der Waals surface area contributed by atoms with E-state index in [2.05, 4.69) is 62.9 Å². The Bertz CT molecular complexity index is 377. The van der Waals surface area contributed by atoms with Crippen molar-refractivity contribution in [3.8, 4) is 0 Å². The highest BCUT2D eigenvalue weighted by molar-refractivity contribution is 6.17. The second-order valence-electron chi connectivity index (χ2n) is 5.14. The molecule has 1 rings (SSSR count). The van der Waals surface area contributed by atoms with Gasteiger partial charge in [0.2, 0.25) is 0 Å². The van der Waals surface area contributed by atoms with Crippen molar-refractivity contribution in [1.82, 2.24) is 4.90 Å². The number of aryl methyl sites for hydroxylation is 1. The van der Waals surface area contributed by atoms with E-state index in [-0.39, 0.29) is 0 Å². The minimum absolute atomic E-state index is 0.506. The van der Waals surface area contributed by atoms with Crippen LogP contribution in [0.3, 0.4) is 0 Å². The van der Waals surface area contributed by atoms with Crippen molar-refractivity contribution < 1.29 is 0 Å². The lowest BCUT2D eigenvalue weighted by atomic mass is 10.1. The molecule has 0 aliphatic heterocycles. The topological polar surface area (TPSA) is 6.48 Å². The Balaban J connectivity index is 2.91. The summed E-state index contributed by atoms with van der Waals surface area (Å²) in [7, 11) is 4.23. The molecular weight excluding hydrogens is 244 g/mol. The Morgan fingerprint density at radius 1 is 1.28 bits per heavy atom. The fourth-order valence-corrected chi connectivity index (χ4v) is 2.68. The lowest BCUT2D eigenvalue weighted by molar-refractivity contribution is 0.373. The van der Waals surface area contributed by atoms with Gasteiger partial charge in [-0.2, -0.15) is 0 Å². The molecule has 0 N–H and O–H groups in total. The normalized spacial score (nSPS) is 12.8. The number of alkyl halides is 1. The SMILES string of the molecule is CCN(c1ccc(CCl)c(C)c1)C(C)CN(C)C. The Hall–Kier alpha value is -0.730. The molecular formula is C15H25ClN2. The Morgan fingerprint density at radius 3 is 2.39 bits per heavy atom. The molecule has 1 aromatic rings. The van der Waals surface area contributed by atoms with Crippen molar-refractivity contribution >= 4 is 17.3 Å². The zero-order chi connectivity index (χ0) is 13.7. The van der Waals surface area contributed by atoms with Gasteiger partial charge in [-0.15, -0.1) is 11.6 Å². The van der Waals surface area contributed by atoms with Crippen LogP contribution < -0.4 is 4.90 Å². The Labute approximate surface area is 117 Å². The lowest BCUT2D eigenvalue weighted by Gasteiger charge is -2.32. The number of anilines is 1. The molecule has 1 aromatic carbocycles. The highest BCUT2D eigenvalue weighted by Gasteiger charge is 2.14. The summed E-state index contributed by atoms with van der Waals surface area (Å²) in [5.41, 5.74) is 3.79. The van der Waals surface area contributed by atoms with E-state index < -0.39 is 0 Å². The third-order valence-electron chi connectivity index (χ3n) is 3.30. The second kappa shape index (κ2) is 7.01. The van der Waals surface area contributed by atoms with Crippen molar-refractivity contribution in [3.05, 3.63) is 29.3 Å². The largest absolute Gasteiger partial charge is 0.368 e. The summed E-state index contributed by atoms with van der Waals surface area (Å²) < 4.78 is 0. The van der Waals surface area contributed by atoms with Crippen LogP contribution >= 0.6 is 11.6 Å². The zero-order valence-corrected chi connectivity index (χ0v) is 13.0. The highest BCUT2D eigenvalue weighted by Crippen LogP contribution is 2.22. The van der Waals surface area contributed by atoms with Crippen LogP contribution in [-0.2, 0) is 5.88 Å². The van der Waals surface area contributed by atoms with Gasteiger partial charge in [-0.3, -0.25) is 0 Å². The first kappa shape index (κ1) is 15.3. The summed E-state index contributed by atoms with van der Waals surface area (Å²) in [6, 6.07) is 7.07. The minimum Gasteiger partial charge on any atom is -0.368 e. The van der Waals surface area contributed by atoms with E-state index in [0.717, 1.165) is 13.1 Å². The van der Waals surface area contributed by atoms with Gasteiger partial charge in [0, 0.05) is 30.7 Å². The Morgan fingerprint density at radius 2 is 1.94 bits per heavy atom. The van der Waals surface area contributed by atoms with Gasteiger partial charge < -0.3 is 9.80 Å². The number of nitrogens with zero attached hydrogens (tertiary/aromatic N) is 2. The summed E-state index contributed by atoms with van der Waals surface area (Å²) >= 11 is 5.91. The first-order valence-corrected chi connectivity index (χ1v) is 7.09. The standard InChI is InChI=1S/C15H25ClN2/c1-6-18(13(3)11-17(4)5)15-8-7-14(10-16)12(2)9-15/h7-9,13H,6,10-11H2,1-5H3. The quantitative estimate of drug-likeness (QED) is 0.729. The van der Waals surface area contributed by atoms with Crippen LogP contribution in [0, 0.1) is 6.92 Å². The minimum atomic E-state index is 0.506. The van der Waals surface area contributed by atoms with Crippen molar-refractivity contribution in [2.75, 3.05) is 32.1 Å². The number of halogens is 1.